The van der Waals surface area contributed by atoms with Crippen LogP contribution in [0.4, 0.5) is 18.9 Å². The maximum atomic E-state index is 12.7. The molecule has 0 spiro atoms. The Morgan fingerprint density at radius 1 is 1.17 bits per heavy atom. The van der Waals surface area contributed by atoms with Crippen LogP contribution in [0, 0.1) is 0 Å². The Hall–Kier alpha value is -3.30. The molecule has 0 aliphatic carbocycles. The number of nitrogens with zero attached hydrogens (tertiary/aromatic N) is 1. The molecule has 0 saturated carbocycles. The molecule has 2 N–H and O–H groups in total. The van der Waals surface area contributed by atoms with Crippen molar-refractivity contribution in [3.63, 3.8) is 0 Å². The zero-order valence-electron chi connectivity index (χ0n) is 15.2. The second kappa shape index (κ2) is 8.38. The molecule has 1 atom stereocenters. The monoisotopic (exact) mass is 409 g/mol. The summed E-state index contributed by atoms with van der Waals surface area (Å²) in [5.41, 5.74) is 0.217. The quantitative estimate of drug-likeness (QED) is 0.795. The van der Waals surface area contributed by atoms with Crippen LogP contribution in [-0.2, 0) is 4.79 Å². The molecule has 3 rings (SSSR count). The first-order chi connectivity index (χ1) is 13.7. The van der Waals surface area contributed by atoms with Gasteiger partial charge in [0.2, 0.25) is 5.91 Å². The van der Waals surface area contributed by atoms with Crippen LogP contribution < -0.4 is 10.6 Å². The molecule has 1 aliphatic heterocycles. The van der Waals surface area contributed by atoms with E-state index in [9.17, 15) is 27.6 Å². The third-order valence-corrected chi connectivity index (χ3v) is 4.39. The summed E-state index contributed by atoms with van der Waals surface area (Å²) in [5.74, 6) is -1.62. The molecular weight excluding hydrogens is 391 g/mol. The largest absolute Gasteiger partial charge is 0.459 e. The van der Waals surface area contributed by atoms with E-state index in [0.29, 0.717) is 19.4 Å². The van der Waals surface area contributed by atoms with E-state index in [0.717, 1.165) is 0 Å². The number of anilines is 1. The highest BCUT2D eigenvalue weighted by atomic mass is 19.4. The van der Waals surface area contributed by atoms with Crippen LogP contribution >= 0.6 is 0 Å². The van der Waals surface area contributed by atoms with Gasteiger partial charge < -0.3 is 20.0 Å². The lowest BCUT2D eigenvalue weighted by Crippen LogP contribution is -2.43. The number of furan rings is 1. The molecule has 2 aromatic rings. The topological polar surface area (TPSA) is 91.7 Å². The molecular formula is C19H18F3N3O4. The lowest BCUT2D eigenvalue weighted by Gasteiger charge is -2.23. The van der Waals surface area contributed by atoms with E-state index in [1.807, 2.05) is 0 Å². The minimum absolute atomic E-state index is 0.0259. The van der Waals surface area contributed by atoms with Crippen molar-refractivity contribution in [2.75, 3.05) is 18.4 Å². The summed E-state index contributed by atoms with van der Waals surface area (Å²) in [5, 5.41) is 4.39. The van der Waals surface area contributed by atoms with E-state index >= 15 is 0 Å². The third-order valence-electron chi connectivity index (χ3n) is 4.39. The van der Waals surface area contributed by atoms with E-state index in [1.165, 1.54) is 41.5 Å². The van der Waals surface area contributed by atoms with Gasteiger partial charge in [-0.05, 0) is 43.2 Å². The molecule has 29 heavy (non-hydrogen) atoms. The SMILES string of the molecule is O=C(NCC(F)(F)F)c1cccc(NC(=O)[C@H]2CCCN2C(=O)c2ccco2)c1. The maximum absolute atomic E-state index is 12.7. The second-order valence-electron chi connectivity index (χ2n) is 6.50. The van der Waals surface area contributed by atoms with Gasteiger partial charge in [0.25, 0.3) is 11.8 Å². The average molecular weight is 409 g/mol. The number of carbonyl (C=O) groups excluding carboxylic acids is 3. The van der Waals surface area contributed by atoms with Crippen molar-refractivity contribution in [1.29, 1.82) is 0 Å². The van der Waals surface area contributed by atoms with Gasteiger partial charge in [0.15, 0.2) is 5.76 Å². The fourth-order valence-electron chi connectivity index (χ4n) is 3.07. The van der Waals surface area contributed by atoms with Crippen molar-refractivity contribution in [2.24, 2.45) is 0 Å². The van der Waals surface area contributed by atoms with Crippen molar-refractivity contribution < 1.29 is 32.0 Å². The van der Waals surface area contributed by atoms with Gasteiger partial charge in [-0.15, -0.1) is 0 Å². The Morgan fingerprint density at radius 2 is 1.97 bits per heavy atom. The molecule has 154 valence electrons. The highest BCUT2D eigenvalue weighted by molar-refractivity contribution is 6.01. The number of benzene rings is 1. The zero-order chi connectivity index (χ0) is 21.0. The molecule has 1 aliphatic rings. The Kier molecular flexibility index (Phi) is 5.90. The number of likely N-dealkylation sites (tertiary alicyclic amines) is 1. The van der Waals surface area contributed by atoms with Crippen molar-refractivity contribution in [1.82, 2.24) is 10.2 Å². The predicted molar refractivity (Wildman–Crippen MR) is 96.2 cm³/mol. The summed E-state index contributed by atoms with van der Waals surface area (Å²) in [6.07, 6.45) is -2.05. The minimum Gasteiger partial charge on any atom is -0.459 e. The first kappa shape index (κ1) is 20.4. The van der Waals surface area contributed by atoms with Crippen LogP contribution in [0.15, 0.2) is 47.1 Å². The molecule has 3 amide bonds. The molecule has 0 radical (unpaired) electrons. The highest BCUT2D eigenvalue weighted by Crippen LogP contribution is 2.22. The Labute approximate surface area is 163 Å². The van der Waals surface area contributed by atoms with Crippen LogP contribution in [-0.4, -0.2) is 47.9 Å². The number of rotatable bonds is 5. The van der Waals surface area contributed by atoms with Crippen LogP contribution in [0.1, 0.15) is 33.8 Å². The van der Waals surface area contributed by atoms with Gasteiger partial charge in [-0.1, -0.05) is 6.07 Å². The van der Waals surface area contributed by atoms with Gasteiger partial charge in [0.05, 0.1) is 6.26 Å². The number of halogens is 3. The van der Waals surface area contributed by atoms with Crippen molar-refractivity contribution >= 4 is 23.4 Å². The van der Waals surface area contributed by atoms with Crippen molar-refractivity contribution in [3.8, 4) is 0 Å². The Morgan fingerprint density at radius 3 is 2.66 bits per heavy atom. The molecule has 1 aromatic heterocycles. The van der Waals surface area contributed by atoms with Crippen molar-refractivity contribution in [3.05, 3.63) is 54.0 Å². The summed E-state index contributed by atoms with van der Waals surface area (Å²) in [7, 11) is 0. The highest BCUT2D eigenvalue weighted by Gasteiger charge is 2.35. The van der Waals surface area contributed by atoms with Gasteiger partial charge in [0, 0.05) is 17.8 Å². The fraction of sp³-hybridized carbons (Fsp3) is 0.316. The van der Waals surface area contributed by atoms with Gasteiger partial charge in [-0.3, -0.25) is 14.4 Å². The number of nitrogens with one attached hydrogen (secondary N) is 2. The van der Waals surface area contributed by atoms with Crippen LogP contribution in [0.25, 0.3) is 0 Å². The smallest absolute Gasteiger partial charge is 0.405 e. The normalized spacial score (nSPS) is 16.5. The Bertz CT molecular complexity index is 896. The minimum atomic E-state index is -4.52. The second-order valence-corrected chi connectivity index (χ2v) is 6.50. The maximum Gasteiger partial charge on any atom is 0.405 e. The summed E-state index contributed by atoms with van der Waals surface area (Å²) in [6, 6.07) is 7.94. The van der Waals surface area contributed by atoms with Crippen molar-refractivity contribution in [2.45, 2.75) is 25.1 Å². The fourth-order valence-corrected chi connectivity index (χ4v) is 3.07. The Balaban J connectivity index is 1.66. The van der Waals surface area contributed by atoms with Crippen LogP contribution in [0.3, 0.4) is 0 Å². The first-order valence-corrected chi connectivity index (χ1v) is 8.85. The molecule has 1 saturated heterocycles. The zero-order valence-corrected chi connectivity index (χ0v) is 15.2. The van der Waals surface area contributed by atoms with E-state index < -0.39 is 36.5 Å². The van der Waals surface area contributed by atoms with Gasteiger partial charge in [0.1, 0.15) is 12.6 Å². The third kappa shape index (κ3) is 5.15. The predicted octanol–water partition coefficient (Wildman–Crippen LogP) is 2.82. The summed E-state index contributed by atoms with van der Waals surface area (Å²) in [6.45, 7) is -1.05. The molecule has 10 heteroatoms. The molecule has 0 unspecified atom stereocenters. The summed E-state index contributed by atoms with van der Waals surface area (Å²) >= 11 is 0. The molecule has 1 aromatic carbocycles. The van der Waals surface area contributed by atoms with Crippen LogP contribution in [0.2, 0.25) is 0 Å². The number of hydrogen-bond donors (Lipinski definition) is 2. The molecule has 0 bridgehead atoms. The van der Waals surface area contributed by atoms with Gasteiger partial charge in [-0.2, -0.15) is 13.2 Å². The summed E-state index contributed by atoms with van der Waals surface area (Å²) < 4.78 is 41.8. The lowest BCUT2D eigenvalue weighted by molar-refractivity contribution is -0.123. The first-order valence-electron chi connectivity index (χ1n) is 8.85. The van der Waals surface area contributed by atoms with E-state index in [1.54, 1.807) is 11.4 Å². The standard InChI is InChI=1S/C19H18F3N3O4/c20-19(21,22)11-23-16(26)12-4-1-5-13(10-12)24-17(27)14-6-2-8-25(14)18(28)15-7-3-9-29-15/h1,3-5,7,9-10,14H,2,6,8,11H2,(H,23,26)(H,24,27)/t14-/m1/s1. The number of hydrogen-bond acceptors (Lipinski definition) is 4. The molecule has 1 fully saturated rings. The summed E-state index contributed by atoms with van der Waals surface area (Å²) in [4.78, 5) is 38.4. The van der Waals surface area contributed by atoms with E-state index in [4.69, 9.17) is 4.42 Å². The molecule has 7 nitrogen and oxygen atoms in total. The van der Waals surface area contributed by atoms with Gasteiger partial charge in [-0.25, -0.2) is 0 Å². The lowest BCUT2D eigenvalue weighted by atomic mass is 10.1. The van der Waals surface area contributed by atoms with Crippen LogP contribution in [0.5, 0.6) is 0 Å². The van der Waals surface area contributed by atoms with E-state index in [-0.39, 0.29) is 17.0 Å². The van der Waals surface area contributed by atoms with E-state index in [2.05, 4.69) is 5.32 Å². The molecule has 2 heterocycles. The number of alkyl halides is 3. The average Bonchev–Trinajstić information content (AvgIpc) is 3.37. The number of carbonyl (C=O) groups is 3. The van der Waals surface area contributed by atoms with Gasteiger partial charge >= 0.3 is 6.18 Å². The number of amides is 3.